The molecule has 1 spiro atoms. The summed E-state index contributed by atoms with van der Waals surface area (Å²) in [6.45, 7) is 9.79. The maximum atomic E-state index is 3.64. The number of hydrogen-bond acceptors (Lipinski definition) is 1. The molecule has 2 aliphatic rings. The zero-order valence-electron chi connectivity index (χ0n) is 12.1. The molecule has 17 heavy (non-hydrogen) atoms. The fourth-order valence-electron chi connectivity index (χ4n) is 4.20. The minimum absolute atomic E-state index is 0.709. The summed E-state index contributed by atoms with van der Waals surface area (Å²) >= 11 is 0. The van der Waals surface area contributed by atoms with Gasteiger partial charge in [-0.05, 0) is 61.9 Å². The molecular weight excluding hydrogens is 206 g/mol. The van der Waals surface area contributed by atoms with Crippen LogP contribution in [0, 0.1) is 23.2 Å². The van der Waals surface area contributed by atoms with Crippen molar-refractivity contribution in [1.29, 1.82) is 0 Å². The van der Waals surface area contributed by atoms with E-state index in [0.717, 1.165) is 17.8 Å². The Kier molecular flexibility index (Phi) is 4.52. The second-order valence-electron chi connectivity index (χ2n) is 7.18. The maximum Gasteiger partial charge on any atom is -0.00151 e. The third-order valence-electron chi connectivity index (χ3n) is 5.32. The van der Waals surface area contributed by atoms with Crippen molar-refractivity contribution < 1.29 is 0 Å². The average molecular weight is 237 g/mol. The molecule has 1 aliphatic carbocycles. The molecule has 3 unspecified atom stereocenters. The van der Waals surface area contributed by atoms with Crippen LogP contribution in [0.3, 0.4) is 0 Å². The largest absolute Gasteiger partial charge is 0.316 e. The van der Waals surface area contributed by atoms with Crippen molar-refractivity contribution in [1.82, 2.24) is 5.32 Å². The number of piperidine rings is 1. The highest BCUT2D eigenvalue weighted by molar-refractivity contribution is 4.93. The normalized spacial score (nSPS) is 39.5. The van der Waals surface area contributed by atoms with Gasteiger partial charge in [-0.1, -0.05) is 40.0 Å². The molecule has 0 aromatic carbocycles. The number of hydrogen-bond donors (Lipinski definition) is 1. The predicted molar refractivity (Wildman–Crippen MR) is 75.1 cm³/mol. The lowest BCUT2D eigenvalue weighted by Crippen LogP contribution is -2.45. The van der Waals surface area contributed by atoms with Gasteiger partial charge < -0.3 is 5.32 Å². The molecule has 2 rings (SSSR count). The molecule has 0 bridgehead atoms. The molecular formula is C16H31N. The summed E-state index contributed by atoms with van der Waals surface area (Å²) in [6.07, 6.45) is 10.3. The smallest absolute Gasteiger partial charge is 0.00151 e. The average Bonchev–Trinajstić information content (AvgIpc) is 2.46. The molecule has 1 saturated carbocycles. The summed E-state index contributed by atoms with van der Waals surface area (Å²) in [5, 5.41) is 3.64. The monoisotopic (exact) mass is 237 g/mol. The van der Waals surface area contributed by atoms with Crippen LogP contribution in [0.2, 0.25) is 0 Å². The van der Waals surface area contributed by atoms with Gasteiger partial charge in [-0.3, -0.25) is 0 Å². The van der Waals surface area contributed by atoms with Crippen LogP contribution in [0.15, 0.2) is 0 Å². The summed E-state index contributed by atoms with van der Waals surface area (Å²) in [6, 6.07) is 0. The van der Waals surface area contributed by atoms with Crippen LogP contribution in [0.4, 0.5) is 0 Å². The van der Waals surface area contributed by atoms with Crippen LogP contribution < -0.4 is 5.32 Å². The van der Waals surface area contributed by atoms with E-state index in [0.29, 0.717) is 5.41 Å². The third kappa shape index (κ3) is 3.24. The van der Waals surface area contributed by atoms with Gasteiger partial charge in [0, 0.05) is 0 Å². The van der Waals surface area contributed by atoms with E-state index < -0.39 is 0 Å². The molecule has 0 radical (unpaired) electrons. The van der Waals surface area contributed by atoms with Crippen LogP contribution >= 0.6 is 0 Å². The summed E-state index contributed by atoms with van der Waals surface area (Å²) in [4.78, 5) is 0. The van der Waals surface area contributed by atoms with E-state index in [-0.39, 0.29) is 0 Å². The predicted octanol–water partition coefficient (Wildman–Crippen LogP) is 4.23. The van der Waals surface area contributed by atoms with Crippen molar-refractivity contribution in [3.8, 4) is 0 Å². The van der Waals surface area contributed by atoms with E-state index in [4.69, 9.17) is 0 Å². The van der Waals surface area contributed by atoms with Crippen LogP contribution in [0.25, 0.3) is 0 Å². The van der Waals surface area contributed by atoms with Gasteiger partial charge in [0.15, 0.2) is 0 Å². The van der Waals surface area contributed by atoms with E-state index in [9.17, 15) is 0 Å². The molecule has 1 heteroatoms. The Hall–Kier alpha value is -0.0400. The van der Waals surface area contributed by atoms with Gasteiger partial charge in [0.1, 0.15) is 0 Å². The summed E-state index contributed by atoms with van der Waals surface area (Å²) in [5.74, 6) is 2.78. The molecule has 1 nitrogen and oxygen atoms in total. The Morgan fingerprint density at radius 1 is 1.18 bits per heavy atom. The molecule has 3 atom stereocenters. The van der Waals surface area contributed by atoms with Gasteiger partial charge in [-0.2, -0.15) is 0 Å². The Morgan fingerprint density at radius 3 is 2.76 bits per heavy atom. The van der Waals surface area contributed by atoms with Crippen LogP contribution in [0.5, 0.6) is 0 Å². The first kappa shape index (κ1) is 13.4. The van der Waals surface area contributed by atoms with Gasteiger partial charge in [0.25, 0.3) is 0 Å². The van der Waals surface area contributed by atoms with Crippen molar-refractivity contribution >= 4 is 0 Å². The quantitative estimate of drug-likeness (QED) is 0.758. The first-order valence-electron chi connectivity index (χ1n) is 7.83. The summed E-state index contributed by atoms with van der Waals surface area (Å²) in [7, 11) is 0. The standard InChI is InChI=1S/C16H31N/c1-13(2)11-15-12-17-10-9-16(15)7-4-5-14(3)6-8-16/h13-15,17H,4-12H2,1-3H3. The van der Waals surface area contributed by atoms with E-state index in [1.807, 2.05) is 0 Å². The van der Waals surface area contributed by atoms with Crippen molar-refractivity contribution in [2.45, 2.75) is 65.7 Å². The van der Waals surface area contributed by atoms with Crippen molar-refractivity contribution in [3.63, 3.8) is 0 Å². The fraction of sp³-hybridized carbons (Fsp3) is 1.00. The van der Waals surface area contributed by atoms with Crippen molar-refractivity contribution in [2.75, 3.05) is 13.1 Å². The molecule has 100 valence electrons. The molecule has 2 fully saturated rings. The Labute approximate surface area is 108 Å². The van der Waals surface area contributed by atoms with Gasteiger partial charge in [-0.15, -0.1) is 0 Å². The number of rotatable bonds is 2. The van der Waals surface area contributed by atoms with E-state index in [2.05, 4.69) is 26.1 Å². The van der Waals surface area contributed by atoms with Gasteiger partial charge in [0.2, 0.25) is 0 Å². The van der Waals surface area contributed by atoms with Crippen LogP contribution in [-0.4, -0.2) is 13.1 Å². The summed E-state index contributed by atoms with van der Waals surface area (Å²) < 4.78 is 0. The lowest BCUT2D eigenvalue weighted by molar-refractivity contribution is 0.0696. The van der Waals surface area contributed by atoms with Gasteiger partial charge >= 0.3 is 0 Å². The number of nitrogens with one attached hydrogen (secondary N) is 1. The first-order chi connectivity index (χ1) is 8.12. The molecule has 1 heterocycles. The third-order valence-corrected chi connectivity index (χ3v) is 5.32. The maximum absolute atomic E-state index is 3.64. The first-order valence-corrected chi connectivity index (χ1v) is 7.83. The Balaban J connectivity index is 2.06. The van der Waals surface area contributed by atoms with E-state index in [1.165, 1.54) is 58.0 Å². The zero-order chi connectivity index (χ0) is 12.3. The fourth-order valence-corrected chi connectivity index (χ4v) is 4.20. The Morgan fingerprint density at radius 2 is 2.00 bits per heavy atom. The highest BCUT2D eigenvalue weighted by atomic mass is 14.9. The lowest BCUT2D eigenvalue weighted by atomic mass is 9.64. The second kappa shape index (κ2) is 5.73. The molecule has 0 aromatic rings. The molecule has 0 aromatic heterocycles. The van der Waals surface area contributed by atoms with Crippen LogP contribution in [0.1, 0.15) is 65.7 Å². The van der Waals surface area contributed by atoms with E-state index in [1.54, 1.807) is 0 Å². The summed E-state index contributed by atoms with van der Waals surface area (Å²) in [5.41, 5.74) is 0.709. The second-order valence-corrected chi connectivity index (χ2v) is 7.18. The lowest BCUT2D eigenvalue weighted by Gasteiger charge is -2.45. The minimum atomic E-state index is 0.709. The SMILES string of the molecule is CC(C)CC1CNCCC12CCCC(C)CC2. The highest BCUT2D eigenvalue weighted by Gasteiger charge is 2.41. The zero-order valence-corrected chi connectivity index (χ0v) is 12.1. The Bertz CT molecular complexity index is 236. The topological polar surface area (TPSA) is 12.0 Å². The van der Waals surface area contributed by atoms with Crippen LogP contribution in [-0.2, 0) is 0 Å². The molecule has 0 amide bonds. The molecule has 1 N–H and O–H groups in total. The highest BCUT2D eigenvalue weighted by Crippen LogP contribution is 2.48. The van der Waals surface area contributed by atoms with E-state index >= 15 is 0 Å². The molecule has 1 aliphatic heterocycles. The van der Waals surface area contributed by atoms with Crippen molar-refractivity contribution in [3.05, 3.63) is 0 Å². The molecule has 1 saturated heterocycles. The van der Waals surface area contributed by atoms with Crippen molar-refractivity contribution in [2.24, 2.45) is 23.2 Å². The van der Waals surface area contributed by atoms with Gasteiger partial charge in [0.05, 0.1) is 0 Å². The van der Waals surface area contributed by atoms with Gasteiger partial charge in [-0.25, -0.2) is 0 Å². The minimum Gasteiger partial charge on any atom is -0.316 e.